The molecular formula is C25H28N6O2. The molecule has 5 rings (SSSR count). The molecule has 8 heteroatoms. The Bertz CT molecular complexity index is 1280. The molecule has 1 saturated carbocycles. The normalized spacial score (nSPS) is 14.4. The van der Waals surface area contributed by atoms with Crippen molar-refractivity contribution in [2.24, 2.45) is 0 Å². The smallest absolute Gasteiger partial charge is 0.225 e. The molecule has 1 amide bonds. The van der Waals surface area contributed by atoms with E-state index in [1.165, 1.54) is 0 Å². The third kappa shape index (κ3) is 4.46. The number of fused-ring (bicyclic) bond motifs is 1. The second-order valence-electron chi connectivity index (χ2n) is 8.72. The molecule has 8 nitrogen and oxygen atoms in total. The standard InChI is InChI=1S/C25H28N6O2/c1-14-19(15(2)33-31-14)11-24(32)28-21(10-17-13-27-20-7-5-4-6-18(17)20)22-12-23(26-3)30-25(29-22)16-8-9-16/h4-7,12-13,16,21,27H,8-11H2,1-3H3,(H,28,32)(H,26,29,30). The molecule has 3 aromatic heterocycles. The molecule has 0 bridgehead atoms. The molecule has 4 aromatic rings. The summed E-state index contributed by atoms with van der Waals surface area (Å²) in [6, 6.07) is 9.82. The van der Waals surface area contributed by atoms with Crippen LogP contribution in [0.1, 0.15) is 58.9 Å². The van der Waals surface area contributed by atoms with Crippen LogP contribution in [0, 0.1) is 13.8 Å². The molecular weight excluding hydrogens is 416 g/mol. The lowest BCUT2D eigenvalue weighted by Crippen LogP contribution is -2.32. The summed E-state index contributed by atoms with van der Waals surface area (Å²) in [6.45, 7) is 3.69. The van der Waals surface area contributed by atoms with Crippen molar-refractivity contribution in [3.05, 3.63) is 70.6 Å². The third-order valence-corrected chi connectivity index (χ3v) is 6.27. The molecule has 0 aliphatic heterocycles. The van der Waals surface area contributed by atoms with Gasteiger partial charge in [0.2, 0.25) is 5.91 Å². The first-order valence-corrected chi connectivity index (χ1v) is 11.3. The predicted molar refractivity (Wildman–Crippen MR) is 126 cm³/mol. The average Bonchev–Trinajstić information content (AvgIpc) is 3.54. The maximum absolute atomic E-state index is 13.1. The lowest BCUT2D eigenvalue weighted by Gasteiger charge is -2.20. The van der Waals surface area contributed by atoms with Gasteiger partial charge in [0.25, 0.3) is 0 Å². The van der Waals surface area contributed by atoms with Gasteiger partial charge in [-0.2, -0.15) is 0 Å². The predicted octanol–water partition coefficient (Wildman–Crippen LogP) is 4.12. The fourth-order valence-corrected chi connectivity index (χ4v) is 4.23. The number of hydrogen-bond acceptors (Lipinski definition) is 6. The summed E-state index contributed by atoms with van der Waals surface area (Å²) in [6.07, 6.45) is 5.06. The van der Waals surface area contributed by atoms with E-state index in [2.05, 4.69) is 37.9 Å². The van der Waals surface area contributed by atoms with E-state index in [9.17, 15) is 4.79 Å². The Morgan fingerprint density at radius 3 is 2.79 bits per heavy atom. The van der Waals surface area contributed by atoms with Crippen molar-refractivity contribution >= 4 is 22.6 Å². The van der Waals surface area contributed by atoms with E-state index in [0.29, 0.717) is 18.1 Å². The number of benzene rings is 1. The van der Waals surface area contributed by atoms with Crippen LogP contribution < -0.4 is 10.6 Å². The number of anilines is 1. The molecule has 3 heterocycles. The van der Waals surface area contributed by atoms with Crippen LogP contribution in [0.15, 0.2) is 41.1 Å². The van der Waals surface area contributed by atoms with E-state index in [-0.39, 0.29) is 18.4 Å². The molecule has 1 unspecified atom stereocenters. The molecule has 0 saturated heterocycles. The lowest BCUT2D eigenvalue weighted by atomic mass is 10.0. The van der Waals surface area contributed by atoms with Crippen LogP contribution in [-0.2, 0) is 17.6 Å². The number of carbonyl (C=O) groups is 1. The van der Waals surface area contributed by atoms with E-state index >= 15 is 0 Å². The van der Waals surface area contributed by atoms with Gasteiger partial charge in [-0.3, -0.25) is 4.79 Å². The fourth-order valence-electron chi connectivity index (χ4n) is 4.23. The Balaban J connectivity index is 1.48. The Kier molecular flexibility index (Phi) is 5.58. The molecule has 3 N–H and O–H groups in total. The van der Waals surface area contributed by atoms with E-state index in [4.69, 9.17) is 9.51 Å². The van der Waals surface area contributed by atoms with E-state index in [1.54, 1.807) is 0 Å². The third-order valence-electron chi connectivity index (χ3n) is 6.27. The lowest BCUT2D eigenvalue weighted by molar-refractivity contribution is -0.121. The SMILES string of the molecule is CNc1cc(C(Cc2c[nH]c3ccccc23)NC(=O)Cc2c(C)noc2C)nc(C2CC2)n1. The zero-order chi connectivity index (χ0) is 22.9. The van der Waals surface area contributed by atoms with Gasteiger partial charge in [0.05, 0.1) is 23.9 Å². The zero-order valence-electron chi connectivity index (χ0n) is 19.1. The number of aromatic amines is 1. The number of amides is 1. The largest absolute Gasteiger partial charge is 0.373 e. The molecule has 1 aromatic carbocycles. The highest BCUT2D eigenvalue weighted by Crippen LogP contribution is 2.39. The minimum Gasteiger partial charge on any atom is -0.373 e. The number of nitrogens with one attached hydrogen (secondary N) is 3. The monoisotopic (exact) mass is 444 g/mol. The summed E-state index contributed by atoms with van der Waals surface area (Å²) in [5.74, 6) is 2.61. The minimum atomic E-state index is -0.301. The summed E-state index contributed by atoms with van der Waals surface area (Å²) in [5.41, 5.74) is 4.59. The van der Waals surface area contributed by atoms with Gasteiger partial charge in [0.1, 0.15) is 17.4 Å². The molecule has 0 radical (unpaired) electrons. The topological polar surface area (TPSA) is 109 Å². The Morgan fingerprint density at radius 2 is 2.06 bits per heavy atom. The van der Waals surface area contributed by atoms with Crippen molar-refractivity contribution in [1.82, 2.24) is 25.4 Å². The number of carbonyl (C=O) groups excluding carboxylic acids is 1. The fraction of sp³-hybridized carbons (Fsp3) is 0.360. The number of para-hydroxylation sites is 1. The Labute approximate surface area is 192 Å². The molecule has 0 spiro atoms. The van der Waals surface area contributed by atoms with Gasteiger partial charge in [-0.05, 0) is 38.3 Å². The van der Waals surface area contributed by atoms with Crippen LogP contribution in [0.25, 0.3) is 10.9 Å². The zero-order valence-corrected chi connectivity index (χ0v) is 19.1. The van der Waals surface area contributed by atoms with Gasteiger partial charge in [0, 0.05) is 48.1 Å². The highest BCUT2D eigenvalue weighted by molar-refractivity contribution is 5.83. The maximum atomic E-state index is 13.1. The van der Waals surface area contributed by atoms with E-state index in [0.717, 1.165) is 57.9 Å². The van der Waals surface area contributed by atoms with Crippen molar-refractivity contribution in [3.8, 4) is 0 Å². The van der Waals surface area contributed by atoms with Gasteiger partial charge in [-0.15, -0.1) is 0 Å². The highest BCUT2D eigenvalue weighted by atomic mass is 16.5. The number of nitrogens with zero attached hydrogens (tertiary/aromatic N) is 3. The summed E-state index contributed by atoms with van der Waals surface area (Å²) in [5, 5.41) is 11.5. The molecule has 1 atom stereocenters. The number of rotatable bonds is 8. The van der Waals surface area contributed by atoms with Crippen LogP contribution in [0.2, 0.25) is 0 Å². The second-order valence-corrected chi connectivity index (χ2v) is 8.72. The maximum Gasteiger partial charge on any atom is 0.225 e. The van der Waals surface area contributed by atoms with Crippen LogP contribution >= 0.6 is 0 Å². The van der Waals surface area contributed by atoms with E-state index < -0.39 is 0 Å². The van der Waals surface area contributed by atoms with Crippen LogP contribution in [0.5, 0.6) is 0 Å². The van der Waals surface area contributed by atoms with Crippen molar-refractivity contribution < 1.29 is 9.32 Å². The van der Waals surface area contributed by atoms with Crippen LogP contribution in [0.3, 0.4) is 0 Å². The number of H-pyrrole nitrogens is 1. The first-order valence-electron chi connectivity index (χ1n) is 11.3. The summed E-state index contributed by atoms with van der Waals surface area (Å²) in [4.78, 5) is 26.0. The molecule has 1 aliphatic rings. The summed E-state index contributed by atoms with van der Waals surface area (Å²) in [7, 11) is 1.85. The van der Waals surface area contributed by atoms with E-state index in [1.807, 2.05) is 45.3 Å². The quantitative estimate of drug-likeness (QED) is 0.377. The first-order chi connectivity index (χ1) is 16.0. The second kappa shape index (κ2) is 8.69. The molecule has 33 heavy (non-hydrogen) atoms. The van der Waals surface area contributed by atoms with Crippen molar-refractivity contribution in [2.75, 3.05) is 12.4 Å². The van der Waals surface area contributed by atoms with Crippen molar-refractivity contribution in [3.63, 3.8) is 0 Å². The number of aromatic nitrogens is 4. The average molecular weight is 445 g/mol. The van der Waals surface area contributed by atoms with Crippen molar-refractivity contribution in [2.45, 2.75) is 51.5 Å². The summed E-state index contributed by atoms with van der Waals surface area (Å²) < 4.78 is 5.24. The van der Waals surface area contributed by atoms with Gasteiger partial charge in [-0.1, -0.05) is 23.4 Å². The molecule has 1 fully saturated rings. The van der Waals surface area contributed by atoms with Crippen molar-refractivity contribution in [1.29, 1.82) is 0 Å². The number of aryl methyl sites for hydroxylation is 2. The number of hydrogen-bond donors (Lipinski definition) is 3. The van der Waals surface area contributed by atoms with Crippen LogP contribution in [0.4, 0.5) is 5.82 Å². The first kappa shape index (κ1) is 21.2. The summed E-state index contributed by atoms with van der Waals surface area (Å²) >= 11 is 0. The highest BCUT2D eigenvalue weighted by Gasteiger charge is 2.29. The van der Waals surface area contributed by atoms with Crippen LogP contribution in [-0.4, -0.2) is 33.1 Å². The molecule has 170 valence electrons. The van der Waals surface area contributed by atoms with Gasteiger partial charge in [-0.25, -0.2) is 9.97 Å². The minimum absolute atomic E-state index is 0.0909. The van der Waals surface area contributed by atoms with Gasteiger partial charge >= 0.3 is 0 Å². The Hall–Kier alpha value is -3.68. The Morgan fingerprint density at radius 1 is 1.24 bits per heavy atom. The molecule has 1 aliphatic carbocycles. The van der Waals surface area contributed by atoms with Gasteiger partial charge in [0.15, 0.2) is 0 Å². The van der Waals surface area contributed by atoms with Gasteiger partial charge < -0.3 is 20.1 Å².